The lowest BCUT2D eigenvalue weighted by Crippen LogP contribution is -2.34. The molecule has 1 aromatic carbocycles. The van der Waals surface area contributed by atoms with Crippen molar-refractivity contribution in [1.29, 1.82) is 0 Å². The minimum Gasteiger partial charge on any atom is -0.396 e. The Morgan fingerprint density at radius 1 is 1.42 bits per heavy atom. The summed E-state index contributed by atoms with van der Waals surface area (Å²) in [6.07, 6.45) is 0.686. The van der Waals surface area contributed by atoms with Gasteiger partial charge in [-0.3, -0.25) is 10.1 Å². The summed E-state index contributed by atoms with van der Waals surface area (Å²) in [5.74, 6) is 0.410. The van der Waals surface area contributed by atoms with Gasteiger partial charge in [0.25, 0.3) is 5.69 Å². The molecule has 0 aliphatic carbocycles. The van der Waals surface area contributed by atoms with Gasteiger partial charge in [-0.05, 0) is 24.8 Å². The molecule has 2 N–H and O–H groups in total. The van der Waals surface area contributed by atoms with E-state index < -0.39 is 0 Å². The first-order valence-corrected chi connectivity index (χ1v) is 6.54. The second-order valence-corrected chi connectivity index (χ2v) is 5.12. The molecule has 1 unspecified atom stereocenters. The summed E-state index contributed by atoms with van der Waals surface area (Å²) in [5.41, 5.74) is 1.72. The highest BCUT2D eigenvalue weighted by Crippen LogP contribution is 2.19. The van der Waals surface area contributed by atoms with Crippen molar-refractivity contribution in [3.63, 3.8) is 0 Å². The molecule has 1 atom stereocenters. The van der Waals surface area contributed by atoms with Crippen molar-refractivity contribution in [1.82, 2.24) is 5.32 Å². The molecule has 5 heteroatoms. The van der Waals surface area contributed by atoms with Crippen molar-refractivity contribution in [3.05, 3.63) is 39.4 Å². The number of hydrogen-bond acceptors (Lipinski definition) is 4. The number of nitro groups is 1. The zero-order chi connectivity index (χ0) is 14.4. The van der Waals surface area contributed by atoms with E-state index in [2.05, 4.69) is 19.2 Å². The Kier molecular flexibility index (Phi) is 5.92. The van der Waals surface area contributed by atoms with Gasteiger partial charge in [-0.1, -0.05) is 26.0 Å². The molecule has 0 radical (unpaired) electrons. The van der Waals surface area contributed by atoms with E-state index in [4.69, 9.17) is 5.11 Å². The predicted molar refractivity (Wildman–Crippen MR) is 75.0 cm³/mol. The van der Waals surface area contributed by atoms with Crippen molar-refractivity contribution < 1.29 is 10.0 Å². The van der Waals surface area contributed by atoms with E-state index in [1.807, 2.05) is 6.07 Å². The Morgan fingerprint density at radius 3 is 2.63 bits per heavy atom. The van der Waals surface area contributed by atoms with Crippen LogP contribution in [0.2, 0.25) is 0 Å². The number of nitrogens with zero attached hydrogens (tertiary/aromatic N) is 1. The van der Waals surface area contributed by atoms with Crippen LogP contribution in [0.3, 0.4) is 0 Å². The van der Waals surface area contributed by atoms with E-state index >= 15 is 0 Å². The van der Waals surface area contributed by atoms with Crippen molar-refractivity contribution in [3.8, 4) is 0 Å². The zero-order valence-corrected chi connectivity index (χ0v) is 11.7. The van der Waals surface area contributed by atoms with Crippen molar-refractivity contribution in [2.24, 2.45) is 5.92 Å². The molecular weight excluding hydrogens is 244 g/mol. The second-order valence-electron chi connectivity index (χ2n) is 5.12. The average Bonchev–Trinajstić information content (AvgIpc) is 2.35. The molecule has 0 aliphatic heterocycles. The molecule has 1 rings (SSSR count). The second kappa shape index (κ2) is 7.21. The third kappa shape index (κ3) is 4.61. The van der Waals surface area contributed by atoms with Gasteiger partial charge >= 0.3 is 0 Å². The predicted octanol–water partition coefficient (Wildman–Crippen LogP) is 2.40. The average molecular weight is 266 g/mol. The number of hydrogen-bond donors (Lipinski definition) is 2. The van der Waals surface area contributed by atoms with Crippen molar-refractivity contribution in [2.45, 2.75) is 39.8 Å². The van der Waals surface area contributed by atoms with Crippen LogP contribution in [0.15, 0.2) is 18.2 Å². The van der Waals surface area contributed by atoms with Gasteiger partial charge in [0.15, 0.2) is 0 Å². The number of nitro benzene ring substituents is 1. The van der Waals surface area contributed by atoms with Crippen LogP contribution in [0.4, 0.5) is 5.69 Å². The largest absolute Gasteiger partial charge is 0.396 e. The first-order chi connectivity index (χ1) is 8.95. The molecule has 5 nitrogen and oxygen atoms in total. The summed E-state index contributed by atoms with van der Waals surface area (Å²) < 4.78 is 0. The van der Waals surface area contributed by atoms with E-state index in [0.29, 0.717) is 24.4 Å². The SMILES string of the molecule is Cc1ccc(CNC(CCO)C(C)C)cc1[N+](=O)[O-]. The quantitative estimate of drug-likeness (QED) is 0.587. The lowest BCUT2D eigenvalue weighted by atomic mass is 10.0. The highest BCUT2D eigenvalue weighted by molar-refractivity contribution is 5.42. The number of nitrogens with one attached hydrogen (secondary N) is 1. The molecule has 0 fully saturated rings. The van der Waals surface area contributed by atoms with Crippen LogP contribution in [0.1, 0.15) is 31.4 Å². The Balaban J connectivity index is 2.72. The van der Waals surface area contributed by atoms with Crippen LogP contribution < -0.4 is 5.32 Å². The molecular formula is C14H22N2O3. The summed E-state index contributed by atoms with van der Waals surface area (Å²) in [7, 11) is 0. The van der Waals surface area contributed by atoms with Crippen molar-refractivity contribution >= 4 is 5.69 Å². The first-order valence-electron chi connectivity index (χ1n) is 6.54. The van der Waals surface area contributed by atoms with Crippen LogP contribution in [0.5, 0.6) is 0 Å². The summed E-state index contributed by atoms with van der Waals surface area (Å²) in [6.45, 7) is 6.63. The minimum atomic E-state index is -0.355. The molecule has 0 aliphatic rings. The summed E-state index contributed by atoms with van der Waals surface area (Å²) in [4.78, 5) is 10.5. The number of rotatable bonds is 7. The summed E-state index contributed by atoms with van der Waals surface area (Å²) in [6, 6.07) is 5.49. The molecule has 0 spiro atoms. The van der Waals surface area contributed by atoms with Gasteiger partial charge in [-0.25, -0.2) is 0 Å². The maximum absolute atomic E-state index is 10.9. The fraction of sp³-hybridized carbons (Fsp3) is 0.571. The van der Waals surface area contributed by atoms with Gasteiger partial charge < -0.3 is 10.4 Å². The number of aryl methyl sites for hydroxylation is 1. The molecule has 1 aromatic rings. The van der Waals surface area contributed by atoms with Gasteiger partial charge in [0, 0.05) is 30.8 Å². The Morgan fingerprint density at radius 2 is 2.11 bits per heavy atom. The Labute approximate surface area is 113 Å². The molecule has 0 saturated heterocycles. The highest BCUT2D eigenvalue weighted by Gasteiger charge is 2.14. The molecule has 0 bridgehead atoms. The number of aliphatic hydroxyl groups is 1. The molecule has 0 aromatic heterocycles. The van der Waals surface area contributed by atoms with Gasteiger partial charge in [0.2, 0.25) is 0 Å². The first kappa shape index (κ1) is 15.6. The molecule has 0 heterocycles. The Bertz CT molecular complexity index is 433. The molecule has 0 amide bonds. The van der Waals surface area contributed by atoms with Crippen LogP contribution >= 0.6 is 0 Å². The lowest BCUT2D eigenvalue weighted by Gasteiger charge is -2.21. The summed E-state index contributed by atoms with van der Waals surface area (Å²) >= 11 is 0. The third-order valence-corrected chi connectivity index (χ3v) is 3.28. The number of benzene rings is 1. The fourth-order valence-electron chi connectivity index (χ4n) is 2.02. The Hall–Kier alpha value is -1.46. The molecule has 106 valence electrons. The van der Waals surface area contributed by atoms with E-state index in [0.717, 1.165) is 5.56 Å². The van der Waals surface area contributed by atoms with Gasteiger partial charge in [-0.2, -0.15) is 0 Å². The molecule has 19 heavy (non-hydrogen) atoms. The molecule has 0 saturated carbocycles. The van der Waals surface area contributed by atoms with E-state index in [-0.39, 0.29) is 23.3 Å². The smallest absolute Gasteiger partial charge is 0.272 e. The monoisotopic (exact) mass is 266 g/mol. The number of aliphatic hydroxyl groups excluding tert-OH is 1. The van der Waals surface area contributed by atoms with Gasteiger partial charge in [0.1, 0.15) is 0 Å². The van der Waals surface area contributed by atoms with Crippen molar-refractivity contribution in [2.75, 3.05) is 6.61 Å². The minimum absolute atomic E-state index is 0.143. The standard InChI is InChI=1S/C14H22N2O3/c1-10(2)13(6-7-17)15-9-12-5-4-11(3)14(8-12)16(18)19/h4-5,8,10,13,15,17H,6-7,9H2,1-3H3. The fourth-order valence-corrected chi connectivity index (χ4v) is 2.02. The maximum Gasteiger partial charge on any atom is 0.272 e. The third-order valence-electron chi connectivity index (χ3n) is 3.28. The van der Waals surface area contributed by atoms with E-state index in [1.54, 1.807) is 19.1 Å². The van der Waals surface area contributed by atoms with Crippen LogP contribution in [0.25, 0.3) is 0 Å². The summed E-state index contributed by atoms with van der Waals surface area (Å²) in [5, 5.41) is 23.2. The van der Waals surface area contributed by atoms with E-state index in [1.165, 1.54) is 0 Å². The van der Waals surface area contributed by atoms with Crippen LogP contribution in [-0.2, 0) is 6.54 Å². The van der Waals surface area contributed by atoms with Gasteiger partial charge in [0.05, 0.1) is 4.92 Å². The van der Waals surface area contributed by atoms with E-state index in [9.17, 15) is 10.1 Å². The normalized spacial score (nSPS) is 12.7. The lowest BCUT2D eigenvalue weighted by molar-refractivity contribution is -0.385. The van der Waals surface area contributed by atoms with Crippen LogP contribution in [-0.4, -0.2) is 22.7 Å². The highest BCUT2D eigenvalue weighted by atomic mass is 16.6. The topological polar surface area (TPSA) is 75.4 Å². The van der Waals surface area contributed by atoms with Gasteiger partial charge in [-0.15, -0.1) is 0 Å². The zero-order valence-electron chi connectivity index (χ0n) is 11.7. The maximum atomic E-state index is 10.9. The van der Waals surface area contributed by atoms with Crippen LogP contribution in [0, 0.1) is 23.0 Å².